The Morgan fingerprint density at radius 2 is 1.86 bits per heavy atom. The lowest BCUT2D eigenvalue weighted by Crippen LogP contribution is -2.32. The lowest BCUT2D eigenvalue weighted by atomic mass is 9.98. The van der Waals surface area contributed by atoms with Crippen molar-refractivity contribution in [2.45, 2.75) is 12.8 Å². The molecule has 0 unspecified atom stereocenters. The lowest BCUT2D eigenvalue weighted by Gasteiger charge is -2.28. The zero-order chi connectivity index (χ0) is 19.8. The summed E-state index contributed by atoms with van der Waals surface area (Å²) in [6.07, 6.45) is 6.41. The quantitative estimate of drug-likeness (QED) is 0.775. The van der Waals surface area contributed by atoms with Crippen LogP contribution in [0.5, 0.6) is 5.75 Å². The Labute approximate surface area is 171 Å². The van der Waals surface area contributed by atoms with Gasteiger partial charge in [0.1, 0.15) is 5.75 Å². The largest absolute Gasteiger partial charge is 0.493 e. The fourth-order valence-electron chi connectivity index (χ4n) is 4.22. The van der Waals surface area contributed by atoms with Crippen molar-refractivity contribution in [3.8, 4) is 5.75 Å². The number of piperidine rings is 1. The molecule has 2 aromatic rings. The Kier molecular flexibility index (Phi) is 4.60. The number of para-hydroxylation sites is 1. The van der Waals surface area contributed by atoms with Crippen LogP contribution in [0.2, 0.25) is 0 Å². The van der Waals surface area contributed by atoms with Crippen molar-refractivity contribution in [3.05, 3.63) is 65.4 Å². The molecule has 2 N–H and O–H groups in total. The molecule has 1 amide bonds. The Balaban J connectivity index is 1.33. The highest BCUT2D eigenvalue weighted by Crippen LogP contribution is 2.37. The molecular formula is C24H25N3O2. The number of hydrogen-bond donors (Lipinski definition) is 2. The number of hydrogen-bond acceptors (Lipinski definition) is 4. The summed E-state index contributed by atoms with van der Waals surface area (Å²) in [6.45, 7) is 3.08. The molecule has 0 aromatic heterocycles. The van der Waals surface area contributed by atoms with E-state index in [0.717, 1.165) is 53.6 Å². The molecule has 1 saturated heterocycles. The van der Waals surface area contributed by atoms with Gasteiger partial charge in [-0.2, -0.15) is 0 Å². The molecule has 0 aliphatic carbocycles. The maximum absolute atomic E-state index is 12.5. The van der Waals surface area contributed by atoms with Crippen molar-refractivity contribution in [3.63, 3.8) is 0 Å². The first-order chi connectivity index (χ1) is 14.2. The highest BCUT2D eigenvalue weighted by molar-refractivity contribution is 6.33. The molecule has 2 aromatic carbocycles. The number of anilines is 2. The summed E-state index contributed by atoms with van der Waals surface area (Å²) in [5.74, 6) is 1.46. The van der Waals surface area contributed by atoms with Gasteiger partial charge in [0.15, 0.2) is 0 Å². The molecule has 0 radical (unpaired) electrons. The summed E-state index contributed by atoms with van der Waals surface area (Å²) in [4.78, 5) is 14.9. The number of nitrogens with zero attached hydrogens (tertiary/aromatic N) is 1. The van der Waals surface area contributed by atoms with Crippen LogP contribution in [0.25, 0.3) is 11.6 Å². The monoisotopic (exact) mass is 387 g/mol. The van der Waals surface area contributed by atoms with E-state index < -0.39 is 0 Å². The normalized spacial score (nSPS) is 21.3. The van der Waals surface area contributed by atoms with E-state index in [1.165, 1.54) is 12.8 Å². The maximum atomic E-state index is 12.5. The second-order valence-corrected chi connectivity index (χ2v) is 8.05. The number of ether oxygens (including phenoxy) is 1. The van der Waals surface area contributed by atoms with Crippen molar-refractivity contribution >= 4 is 28.9 Å². The molecule has 3 heterocycles. The molecule has 148 valence electrons. The van der Waals surface area contributed by atoms with E-state index >= 15 is 0 Å². The molecule has 0 spiro atoms. The number of allylic oxidation sites excluding steroid dienone is 1. The van der Waals surface area contributed by atoms with Crippen molar-refractivity contribution < 1.29 is 9.53 Å². The summed E-state index contributed by atoms with van der Waals surface area (Å²) in [5.41, 5.74) is 5.36. The minimum atomic E-state index is -0.0696. The summed E-state index contributed by atoms with van der Waals surface area (Å²) in [5, 5.41) is 6.35. The van der Waals surface area contributed by atoms with Crippen LogP contribution in [0, 0.1) is 5.92 Å². The van der Waals surface area contributed by atoms with Crippen molar-refractivity contribution in [1.29, 1.82) is 0 Å². The van der Waals surface area contributed by atoms with Gasteiger partial charge >= 0.3 is 0 Å². The number of benzene rings is 2. The van der Waals surface area contributed by atoms with Crippen LogP contribution < -0.4 is 15.4 Å². The SMILES string of the molecule is CN1CCC(COc2ccc3c(c2)C=C/C(=C2/C(=O)Nc4ccccc42)N3)CC1. The third kappa shape index (κ3) is 3.54. The number of fused-ring (bicyclic) bond motifs is 2. The van der Waals surface area contributed by atoms with E-state index in [-0.39, 0.29) is 5.91 Å². The van der Waals surface area contributed by atoms with Gasteiger partial charge < -0.3 is 20.3 Å². The Bertz CT molecular complexity index is 1020. The fraction of sp³-hybridized carbons (Fsp3) is 0.292. The maximum Gasteiger partial charge on any atom is 0.258 e. The Morgan fingerprint density at radius 1 is 1.03 bits per heavy atom. The van der Waals surface area contributed by atoms with E-state index in [1.807, 2.05) is 48.6 Å². The standard InChI is InChI=1S/C24H25N3O2/c1-27-12-10-16(11-13-27)15-29-18-7-9-20-17(14-18)6-8-22(25-20)23-19-4-2-3-5-21(19)26-24(23)28/h2-9,14,16,25H,10-13,15H2,1H3,(H,26,28)/b23-22-. The van der Waals surface area contributed by atoms with Crippen LogP contribution in [0.4, 0.5) is 11.4 Å². The number of amides is 1. The minimum absolute atomic E-state index is 0.0696. The molecule has 3 aliphatic rings. The second kappa shape index (κ2) is 7.41. The molecule has 29 heavy (non-hydrogen) atoms. The second-order valence-electron chi connectivity index (χ2n) is 8.05. The average Bonchev–Trinajstić information content (AvgIpc) is 3.08. The van der Waals surface area contributed by atoms with Gasteiger partial charge in [-0.1, -0.05) is 24.3 Å². The molecule has 0 saturated carbocycles. The predicted molar refractivity (Wildman–Crippen MR) is 117 cm³/mol. The lowest BCUT2D eigenvalue weighted by molar-refractivity contribution is -0.110. The molecule has 0 atom stereocenters. The van der Waals surface area contributed by atoms with E-state index in [4.69, 9.17) is 4.74 Å². The van der Waals surface area contributed by atoms with Crippen LogP contribution in [0.3, 0.4) is 0 Å². The van der Waals surface area contributed by atoms with Gasteiger partial charge in [0.2, 0.25) is 0 Å². The van der Waals surface area contributed by atoms with Gasteiger partial charge in [0, 0.05) is 22.5 Å². The molecule has 5 rings (SSSR count). The number of rotatable bonds is 3. The van der Waals surface area contributed by atoms with Crippen molar-refractivity contribution in [2.24, 2.45) is 5.92 Å². The fourth-order valence-corrected chi connectivity index (χ4v) is 4.22. The molecule has 5 nitrogen and oxygen atoms in total. The zero-order valence-electron chi connectivity index (χ0n) is 16.6. The van der Waals surface area contributed by atoms with Gasteiger partial charge in [-0.05, 0) is 69.2 Å². The van der Waals surface area contributed by atoms with Crippen molar-refractivity contribution in [2.75, 3.05) is 37.4 Å². The van der Waals surface area contributed by atoms with E-state index in [0.29, 0.717) is 11.5 Å². The number of carbonyl (C=O) groups excluding carboxylic acids is 1. The molecule has 1 fully saturated rings. The first-order valence-corrected chi connectivity index (χ1v) is 10.2. The van der Waals surface area contributed by atoms with Crippen LogP contribution in [-0.4, -0.2) is 37.6 Å². The summed E-state index contributed by atoms with van der Waals surface area (Å²) >= 11 is 0. The van der Waals surface area contributed by atoms with Gasteiger partial charge in [-0.15, -0.1) is 0 Å². The van der Waals surface area contributed by atoms with Crippen LogP contribution in [0.15, 0.2) is 54.2 Å². The van der Waals surface area contributed by atoms with E-state index in [1.54, 1.807) is 0 Å². The molecule has 0 bridgehead atoms. The van der Waals surface area contributed by atoms with E-state index in [9.17, 15) is 4.79 Å². The van der Waals surface area contributed by atoms with Crippen LogP contribution >= 0.6 is 0 Å². The number of nitrogens with one attached hydrogen (secondary N) is 2. The molecule has 3 aliphatic heterocycles. The van der Waals surface area contributed by atoms with Crippen LogP contribution in [0.1, 0.15) is 24.0 Å². The Hall–Kier alpha value is -3.05. The predicted octanol–water partition coefficient (Wildman–Crippen LogP) is 4.21. The molecule has 5 heteroatoms. The zero-order valence-corrected chi connectivity index (χ0v) is 16.6. The third-order valence-electron chi connectivity index (χ3n) is 5.99. The number of carbonyl (C=O) groups is 1. The van der Waals surface area contributed by atoms with Gasteiger partial charge in [-0.25, -0.2) is 0 Å². The summed E-state index contributed by atoms with van der Waals surface area (Å²) in [6, 6.07) is 13.9. The van der Waals surface area contributed by atoms with Crippen LogP contribution in [-0.2, 0) is 4.79 Å². The van der Waals surface area contributed by atoms with Gasteiger partial charge in [0.05, 0.1) is 17.9 Å². The summed E-state index contributed by atoms with van der Waals surface area (Å²) in [7, 11) is 2.18. The highest BCUT2D eigenvalue weighted by atomic mass is 16.5. The summed E-state index contributed by atoms with van der Waals surface area (Å²) < 4.78 is 6.08. The topological polar surface area (TPSA) is 53.6 Å². The minimum Gasteiger partial charge on any atom is -0.493 e. The highest BCUT2D eigenvalue weighted by Gasteiger charge is 2.27. The van der Waals surface area contributed by atoms with Gasteiger partial charge in [0.25, 0.3) is 5.91 Å². The smallest absolute Gasteiger partial charge is 0.258 e. The van der Waals surface area contributed by atoms with E-state index in [2.05, 4.69) is 28.6 Å². The van der Waals surface area contributed by atoms with Crippen molar-refractivity contribution in [1.82, 2.24) is 4.90 Å². The molecular weight excluding hydrogens is 362 g/mol. The van der Waals surface area contributed by atoms with Gasteiger partial charge in [-0.3, -0.25) is 4.79 Å². The Morgan fingerprint density at radius 3 is 2.72 bits per heavy atom. The first-order valence-electron chi connectivity index (χ1n) is 10.2. The number of likely N-dealkylation sites (tertiary alicyclic amines) is 1. The third-order valence-corrected chi connectivity index (χ3v) is 5.99. The first kappa shape index (κ1) is 18.0. The average molecular weight is 387 g/mol.